The molecule has 0 bridgehead atoms. The number of fused-ring (bicyclic) bond motifs is 7. The third-order valence-corrected chi connectivity index (χ3v) is 13.1. The molecule has 8 rings (SSSR count). The van der Waals surface area contributed by atoms with Gasteiger partial charge in [-0.3, -0.25) is 14.6 Å². The third kappa shape index (κ3) is 3.87. The van der Waals surface area contributed by atoms with Gasteiger partial charge in [-0.05, 0) is 88.5 Å². The molecule has 2 N–H and O–H groups in total. The van der Waals surface area contributed by atoms with E-state index in [-0.39, 0.29) is 23.5 Å². The van der Waals surface area contributed by atoms with E-state index in [1.807, 2.05) is 19.1 Å². The molecule has 242 valence electrons. The minimum absolute atomic E-state index is 0.0358. The number of halogens is 1. The lowest BCUT2D eigenvalue weighted by Crippen LogP contribution is -2.69. The van der Waals surface area contributed by atoms with Crippen LogP contribution in [0.25, 0.3) is 0 Å². The third-order valence-electron chi connectivity index (χ3n) is 13.1. The van der Waals surface area contributed by atoms with Crippen LogP contribution in [0.1, 0.15) is 81.0 Å². The van der Waals surface area contributed by atoms with Gasteiger partial charge in [-0.25, -0.2) is 4.39 Å². The fourth-order valence-corrected chi connectivity index (χ4v) is 10.4. The zero-order chi connectivity index (χ0) is 32.3. The maximum Gasteiger partial charge on any atom is 0.193 e. The smallest absolute Gasteiger partial charge is 0.193 e. The lowest BCUT2D eigenvalue weighted by Gasteiger charge is -2.62. The Hall–Kier alpha value is -3.04. The minimum Gasteiger partial charge on any atom is -0.390 e. The Bertz CT molecular complexity index is 1660. The number of aliphatic hydroxyl groups excluding tert-OH is 2. The van der Waals surface area contributed by atoms with Crippen molar-refractivity contribution in [3.8, 4) is 0 Å². The predicted molar refractivity (Wildman–Crippen MR) is 167 cm³/mol. The van der Waals surface area contributed by atoms with Gasteiger partial charge in [-0.2, -0.15) is 0 Å². The molecule has 0 amide bonds. The number of rotatable bonds is 6. The number of alkyl halides is 1. The highest BCUT2D eigenvalue weighted by Gasteiger charge is 2.79. The van der Waals surface area contributed by atoms with E-state index in [1.165, 1.54) is 23.3 Å². The van der Waals surface area contributed by atoms with Crippen LogP contribution in [0.2, 0.25) is 0 Å². The van der Waals surface area contributed by atoms with E-state index in [4.69, 9.17) is 14.5 Å². The molecule has 1 aliphatic heterocycles. The van der Waals surface area contributed by atoms with Gasteiger partial charge in [0.15, 0.2) is 29.1 Å². The second-order valence-electron chi connectivity index (χ2n) is 15.3. The maximum absolute atomic E-state index is 17.6. The van der Waals surface area contributed by atoms with Gasteiger partial charge in [0.05, 0.1) is 12.2 Å². The molecule has 2 aromatic rings. The van der Waals surface area contributed by atoms with Crippen molar-refractivity contribution in [3.63, 3.8) is 0 Å². The van der Waals surface area contributed by atoms with Crippen molar-refractivity contribution >= 4 is 11.6 Å². The average molecular weight is 628 g/mol. The fraction of sp³-hybridized carbons (Fsp3) is 0.553. The Kier molecular flexibility index (Phi) is 6.58. The first-order valence-electron chi connectivity index (χ1n) is 16.7. The van der Waals surface area contributed by atoms with Crippen LogP contribution < -0.4 is 0 Å². The van der Waals surface area contributed by atoms with Gasteiger partial charge in [0.2, 0.25) is 0 Å². The van der Waals surface area contributed by atoms with Gasteiger partial charge in [-0.15, -0.1) is 0 Å². The topological polar surface area (TPSA) is 106 Å². The molecular formula is C38H42FNO6. The number of pyridine rings is 1. The van der Waals surface area contributed by atoms with Crippen molar-refractivity contribution in [2.45, 2.75) is 101 Å². The summed E-state index contributed by atoms with van der Waals surface area (Å²) in [7, 11) is 0. The van der Waals surface area contributed by atoms with Gasteiger partial charge >= 0.3 is 0 Å². The van der Waals surface area contributed by atoms with Crippen molar-refractivity contribution in [2.75, 3.05) is 6.61 Å². The summed E-state index contributed by atoms with van der Waals surface area (Å²) < 4.78 is 30.8. The summed E-state index contributed by atoms with van der Waals surface area (Å²) in [5.74, 6) is -1.61. The normalized spacial score (nSPS) is 41.7. The first kappa shape index (κ1) is 30.3. The summed E-state index contributed by atoms with van der Waals surface area (Å²) in [4.78, 5) is 30.8. The summed E-state index contributed by atoms with van der Waals surface area (Å²) in [6, 6.07) is 12.7. The summed E-state index contributed by atoms with van der Waals surface area (Å²) in [6.07, 6.45) is 7.65. The Morgan fingerprint density at radius 1 is 1.11 bits per heavy atom. The van der Waals surface area contributed by atoms with Crippen LogP contribution in [0.3, 0.4) is 0 Å². The van der Waals surface area contributed by atoms with Gasteiger partial charge in [0.25, 0.3) is 0 Å². The number of benzene rings is 1. The van der Waals surface area contributed by atoms with Crippen molar-refractivity contribution in [3.05, 3.63) is 88.8 Å². The molecule has 5 fully saturated rings. The molecule has 1 aromatic heterocycles. The second kappa shape index (κ2) is 9.99. The zero-order valence-corrected chi connectivity index (χ0v) is 26.7. The highest BCUT2D eigenvalue weighted by Crippen LogP contribution is 2.72. The van der Waals surface area contributed by atoms with E-state index < -0.39 is 58.9 Å². The summed E-state index contributed by atoms with van der Waals surface area (Å²) in [5.41, 5.74) is -0.646. The molecular weight excluding hydrogens is 585 g/mol. The molecule has 7 nitrogen and oxygen atoms in total. The molecule has 0 radical (unpaired) electrons. The maximum atomic E-state index is 17.6. The summed E-state index contributed by atoms with van der Waals surface area (Å²) in [5, 5.41) is 22.0. The number of ether oxygens (including phenoxy) is 2. The molecule has 8 heteroatoms. The molecule has 1 saturated heterocycles. The number of nitrogens with zero attached hydrogens (tertiary/aromatic N) is 1. The van der Waals surface area contributed by atoms with E-state index in [9.17, 15) is 19.8 Å². The van der Waals surface area contributed by atoms with Gasteiger partial charge in [0, 0.05) is 39.6 Å². The van der Waals surface area contributed by atoms with E-state index in [0.29, 0.717) is 30.4 Å². The van der Waals surface area contributed by atoms with Crippen molar-refractivity contribution in [1.82, 2.24) is 4.98 Å². The molecule has 0 unspecified atom stereocenters. The van der Waals surface area contributed by atoms with Gasteiger partial charge < -0.3 is 19.7 Å². The van der Waals surface area contributed by atoms with Crippen LogP contribution in [0.15, 0.2) is 66.4 Å². The van der Waals surface area contributed by atoms with Crippen LogP contribution in [0.4, 0.5) is 4.39 Å². The van der Waals surface area contributed by atoms with Gasteiger partial charge in [0.1, 0.15) is 6.61 Å². The standard InChI is InChI=1S/C38H42FNO6/c1-22-4-7-24(8-5-22)36(14-15-36)18-26-10-6-23(20-40-26)33-45-32-17-29-28-11-9-25-16-27(42)12-13-34(25,2)37(28,39)30(43)19-35(29,3)38(32,46-33)31(44)21-41/h4-8,10,12-13,16,20,28-30,32-33,41,43H,9,11,14-15,17-19,21H2,1-3H3/t28-,29-,30-,32+,33+,34-,35-,37-,38+/m0/s1. The number of carbonyl (C=O) groups is 2. The number of aryl methyl sites for hydroxylation is 1. The number of allylic oxidation sites excluding steroid dienone is 4. The van der Waals surface area contributed by atoms with E-state index in [2.05, 4.69) is 31.2 Å². The number of Topliss-reactive ketones (excluding diaryl/α,β-unsaturated/α-hetero) is 1. The number of aliphatic hydroxyl groups is 2. The van der Waals surface area contributed by atoms with Crippen molar-refractivity contribution in [2.24, 2.45) is 22.7 Å². The average Bonchev–Trinajstić information content (AvgIpc) is 3.64. The number of hydrogen-bond acceptors (Lipinski definition) is 7. The molecule has 2 heterocycles. The molecule has 4 saturated carbocycles. The molecule has 6 aliphatic rings. The molecule has 46 heavy (non-hydrogen) atoms. The highest BCUT2D eigenvalue weighted by atomic mass is 19.1. The van der Waals surface area contributed by atoms with Crippen molar-refractivity contribution < 1.29 is 33.7 Å². The number of carbonyl (C=O) groups excluding carboxylic acids is 2. The lowest BCUT2D eigenvalue weighted by atomic mass is 9.44. The minimum atomic E-state index is -2.03. The first-order chi connectivity index (χ1) is 21.9. The largest absolute Gasteiger partial charge is 0.390 e. The van der Waals surface area contributed by atoms with Crippen LogP contribution in [-0.2, 0) is 30.9 Å². The van der Waals surface area contributed by atoms with E-state index in [1.54, 1.807) is 19.2 Å². The fourth-order valence-electron chi connectivity index (χ4n) is 10.4. The molecule has 9 atom stereocenters. The molecule has 1 aromatic carbocycles. The quantitative estimate of drug-likeness (QED) is 0.444. The Labute approximate surface area is 268 Å². The lowest BCUT2D eigenvalue weighted by molar-refractivity contribution is -0.231. The highest BCUT2D eigenvalue weighted by molar-refractivity contribution is 6.01. The summed E-state index contributed by atoms with van der Waals surface area (Å²) in [6.45, 7) is 5.02. The SMILES string of the molecule is Cc1ccc(C2(Cc3ccc([C@@H]4O[C@@H]5C[C@H]6[C@@H]7CCC8=CC(=O)C=C[C@]8(C)[C@@]7(F)[C@@H](O)C[C@]6(C)[C@]5(C(=O)CO)O4)cn3)CC2)cc1. The number of aromatic nitrogens is 1. The van der Waals surface area contributed by atoms with Gasteiger partial charge in [-0.1, -0.05) is 54.5 Å². The Balaban J connectivity index is 1.07. The summed E-state index contributed by atoms with van der Waals surface area (Å²) >= 11 is 0. The van der Waals surface area contributed by atoms with Crippen LogP contribution in [0.5, 0.6) is 0 Å². The Morgan fingerprint density at radius 3 is 2.54 bits per heavy atom. The van der Waals surface area contributed by atoms with Crippen LogP contribution in [-0.4, -0.2) is 56.8 Å². The molecule has 0 spiro atoms. The van der Waals surface area contributed by atoms with Crippen LogP contribution >= 0.6 is 0 Å². The zero-order valence-electron chi connectivity index (χ0n) is 26.7. The predicted octanol–water partition coefficient (Wildman–Crippen LogP) is 5.36. The number of hydrogen-bond donors (Lipinski definition) is 2. The van der Waals surface area contributed by atoms with Crippen LogP contribution in [0, 0.1) is 29.6 Å². The van der Waals surface area contributed by atoms with Crippen molar-refractivity contribution in [1.29, 1.82) is 0 Å². The monoisotopic (exact) mass is 627 g/mol. The van der Waals surface area contributed by atoms with E-state index >= 15 is 4.39 Å². The molecule has 5 aliphatic carbocycles. The second-order valence-corrected chi connectivity index (χ2v) is 15.3. The van der Waals surface area contributed by atoms with E-state index in [0.717, 1.165) is 25.0 Å². The number of ketones is 2. The Morgan fingerprint density at radius 2 is 1.87 bits per heavy atom. The first-order valence-corrected chi connectivity index (χ1v) is 16.7.